The summed E-state index contributed by atoms with van der Waals surface area (Å²) in [4.78, 5) is 2.22. The van der Waals surface area contributed by atoms with Crippen LogP contribution in [-0.2, 0) is 6.42 Å². The largest absolute Gasteiger partial charge is 0.393 e. The van der Waals surface area contributed by atoms with Gasteiger partial charge in [-0.1, -0.05) is 12.2 Å². The van der Waals surface area contributed by atoms with Gasteiger partial charge >= 0.3 is 0 Å². The molecule has 2 nitrogen and oxygen atoms in total. The van der Waals surface area contributed by atoms with Crippen molar-refractivity contribution in [1.29, 1.82) is 5.26 Å². The third kappa shape index (κ3) is 2.30. The van der Waals surface area contributed by atoms with Gasteiger partial charge in [-0.3, -0.25) is 0 Å². The molecule has 0 aliphatic rings. The maximum atomic E-state index is 8.48. The highest BCUT2D eigenvalue weighted by Crippen LogP contribution is 2.15. The van der Waals surface area contributed by atoms with Gasteiger partial charge in [-0.15, -0.1) is 11.3 Å². The first kappa shape index (κ1) is 8.18. The number of thiocarbonyl (C=S) groups is 1. The Bertz CT molecular complexity index is 308. The number of nitrogens with two attached hydrogens (primary N) is 1. The van der Waals surface area contributed by atoms with E-state index in [-0.39, 0.29) is 0 Å². The Balaban J connectivity index is 2.75. The summed E-state index contributed by atoms with van der Waals surface area (Å²) >= 11 is 6.16. The van der Waals surface area contributed by atoms with Gasteiger partial charge in [0.15, 0.2) is 0 Å². The van der Waals surface area contributed by atoms with Crippen molar-refractivity contribution < 1.29 is 0 Å². The predicted octanol–water partition coefficient (Wildman–Crippen LogP) is 1.45. The van der Waals surface area contributed by atoms with Crippen molar-refractivity contribution in [2.24, 2.45) is 5.73 Å². The van der Waals surface area contributed by atoms with Crippen LogP contribution >= 0.6 is 23.6 Å². The molecule has 0 aliphatic carbocycles. The molecule has 0 aliphatic heterocycles. The number of hydrogen-bond donors (Lipinski definition) is 1. The van der Waals surface area contributed by atoms with Crippen LogP contribution in [0.2, 0.25) is 0 Å². The van der Waals surface area contributed by atoms with Crippen LogP contribution in [0.15, 0.2) is 12.1 Å². The summed E-state index contributed by atoms with van der Waals surface area (Å²) in [6.07, 6.45) is 0.599. The van der Waals surface area contributed by atoms with Crippen molar-refractivity contribution in [2.75, 3.05) is 0 Å². The van der Waals surface area contributed by atoms with Crippen LogP contribution < -0.4 is 5.73 Å². The topological polar surface area (TPSA) is 49.8 Å². The number of thiophene rings is 1. The fourth-order valence-electron chi connectivity index (χ4n) is 0.705. The van der Waals surface area contributed by atoms with E-state index >= 15 is 0 Å². The van der Waals surface area contributed by atoms with Crippen LogP contribution in [0.25, 0.3) is 0 Å². The summed E-state index contributed by atoms with van der Waals surface area (Å²) in [5.41, 5.74) is 5.33. The van der Waals surface area contributed by atoms with E-state index < -0.39 is 0 Å². The van der Waals surface area contributed by atoms with Gasteiger partial charge in [0.25, 0.3) is 0 Å². The molecule has 0 bridgehead atoms. The molecule has 1 heterocycles. The standard InChI is InChI=1S/C7H6N2S2/c8-4-6-2-1-5(11-6)3-7(9)10/h1-2H,3H2,(H2,9,10). The van der Waals surface area contributed by atoms with E-state index in [1.165, 1.54) is 11.3 Å². The van der Waals surface area contributed by atoms with Gasteiger partial charge in [0.1, 0.15) is 10.9 Å². The summed E-state index contributed by atoms with van der Waals surface area (Å²) in [7, 11) is 0. The third-order valence-electron chi connectivity index (χ3n) is 1.12. The van der Waals surface area contributed by atoms with E-state index in [1.807, 2.05) is 6.07 Å². The molecule has 0 unspecified atom stereocenters. The second kappa shape index (κ2) is 3.46. The van der Waals surface area contributed by atoms with Crippen molar-refractivity contribution in [1.82, 2.24) is 0 Å². The highest BCUT2D eigenvalue weighted by Gasteiger charge is 1.99. The zero-order valence-electron chi connectivity index (χ0n) is 5.70. The zero-order chi connectivity index (χ0) is 8.27. The molecule has 56 valence electrons. The average Bonchev–Trinajstić information content (AvgIpc) is 2.34. The second-order valence-electron chi connectivity index (χ2n) is 2.02. The van der Waals surface area contributed by atoms with Crippen LogP contribution in [0.1, 0.15) is 9.75 Å². The van der Waals surface area contributed by atoms with E-state index in [1.54, 1.807) is 6.07 Å². The summed E-state index contributed by atoms with van der Waals surface area (Å²) in [6, 6.07) is 5.71. The minimum Gasteiger partial charge on any atom is -0.393 e. The molecule has 0 aromatic carbocycles. The Morgan fingerprint density at radius 3 is 2.91 bits per heavy atom. The van der Waals surface area contributed by atoms with Gasteiger partial charge in [-0.25, -0.2) is 0 Å². The molecule has 1 aromatic rings. The van der Waals surface area contributed by atoms with Crippen LogP contribution in [0.5, 0.6) is 0 Å². The highest BCUT2D eigenvalue weighted by molar-refractivity contribution is 7.80. The minimum atomic E-state index is 0.469. The summed E-state index contributed by atoms with van der Waals surface area (Å²) in [6.45, 7) is 0. The lowest BCUT2D eigenvalue weighted by atomic mass is 10.3. The van der Waals surface area contributed by atoms with Crippen molar-refractivity contribution in [2.45, 2.75) is 6.42 Å². The van der Waals surface area contributed by atoms with Gasteiger partial charge in [0.2, 0.25) is 0 Å². The third-order valence-corrected chi connectivity index (χ3v) is 2.25. The van der Waals surface area contributed by atoms with Crippen LogP contribution in [0.3, 0.4) is 0 Å². The first-order chi connectivity index (χ1) is 5.22. The molecular formula is C7H6N2S2. The number of rotatable bonds is 2. The van der Waals surface area contributed by atoms with Gasteiger partial charge in [-0.05, 0) is 12.1 Å². The van der Waals surface area contributed by atoms with Crippen molar-refractivity contribution >= 4 is 28.5 Å². The number of nitrogens with zero attached hydrogens (tertiary/aromatic N) is 1. The number of nitriles is 1. The first-order valence-corrected chi connectivity index (χ1v) is 4.22. The normalized spacial score (nSPS) is 9.00. The van der Waals surface area contributed by atoms with Gasteiger partial charge in [0.05, 0.1) is 4.99 Å². The Kier molecular flexibility index (Phi) is 2.58. The molecule has 0 atom stereocenters. The monoisotopic (exact) mass is 182 g/mol. The van der Waals surface area contributed by atoms with E-state index in [0.717, 1.165) is 4.88 Å². The quantitative estimate of drug-likeness (QED) is 0.704. The SMILES string of the molecule is N#Cc1ccc(CC(N)=S)s1. The van der Waals surface area contributed by atoms with Crippen LogP contribution in [0, 0.1) is 11.3 Å². The molecule has 0 fully saturated rings. The van der Waals surface area contributed by atoms with Gasteiger partial charge < -0.3 is 5.73 Å². The maximum Gasteiger partial charge on any atom is 0.110 e. The Morgan fingerprint density at radius 1 is 1.73 bits per heavy atom. The molecule has 0 saturated heterocycles. The Hall–Kier alpha value is -0.920. The molecule has 0 saturated carbocycles. The Morgan fingerprint density at radius 2 is 2.45 bits per heavy atom. The van der Waals surface area contributed by atoms with Crippen molar-refractivity contribution in [3.63, 3.8) is 0 Å². The Labute approximate surface area is 74.3 Å². The molecule has 0 radical (unpaired) electrons. The fraction of sp³-hybridized carbons (Fsp3) is 0.143. The van der Waals surface area contributed by atoms with E-state index in [0.29, 0.717) is 16.3 Å². The number of hydrogen-bond acceptors (Lipinski definition) is 3. The predicted molar refractivity (Wildman–Crippen MR) is 49.5 cm³/mol. The first-order valence-electron chi connectivity index (χ1n) is 2.99. The smallest absolute Gasteiger partial charge is 0.110 e. The lowest BCUT2D eigenvalue weighted by Crippen LogP contribution is -2.09. The molecular weight excluding hydrogens is 176 g/mol. The molecule has 2 N–H and O–H groups in total. The summed E-state index contributed by atoms with van der Waals surface area (Å²) in [5.74, 6) is 0. The lowest BCUT2D eigenvalue weighted by Gasteiger charge is -1.90. The van der Waals surface area contributed by atoms with Crippen molar-refractivity contribution in [3.05, 3.63) is 21.9 Å². The van der Waals surface area contributed by atoms with Gasteiger partial charge in [-0.2, -0.15) is 5.26 Å². The van der Waals surface area contributed by atoms with E-state index in [9.17, 15) is 0 Å². The molecule has 1 aromatic heterocycles. The molecule has 4 heteroatoms. The van der Waals surface area contributed by atoms with E-state index in [4.69, 9.17) is 23.2 Å². The van der Waals surface area contributed by atoms with E-state index in [2.05, 4.69) is 6.07 Å². The molecule has 11 heavy (non-hydrogen) atoms. The molecule has 1 rings (SSSR count). The van der Waals surface area contributed by atoms with Crippen molar-refractivity contribution in [3.8, 4) is 6.07 Å². The van der Waals surface area contributed by atoms with Crippen LogP contribution in [0.4, 0.5) is 0 Å². The summed E-state index contributed by atoms with van der Waals surface area (Å²) in [5, 5.41) is 8.48. The zero-order valence-corrected chi connectivity index (χ0v) is 7.34. The van der Waals surface area contributed by atoms with Gasteiger partial charge in [0, 0.05) is 11.3 Å². The summed E-state index contributed by atoms with van der Waals surface area (Å²) < 4.78 is 0. The second-order valence-corrected chi connectivity index (χ2v) is 3.71. The average molecular weight is 182 g/mol. The fourth-order valence-corrected chi connectivity index (χ4v) is 1.78. The molecule has 0 spiro atoms. The maximum absolute atomic E-state index is 8.48. The minimum absolute atomic E-state index is 0.469. The lowest BCUT2D eigenvalue weighted by molar-refractivity contribution is 1.41. The molecule has 0 amide bonds. The van der Waals surface area contributed by atoms with Crippen LogP contribution in [-0.4, -0.2) is 4.99 Å². The highest BCUT2D eigenvalue weighted by atomic mass is 32.1.